The number of amides is 1. The summed E-state index contributed by atoms with van der Waals surface area (Å²) in [5.41, 5.74) is 7.59. The predicted octanol–water partition coefficient (Wildman–Crippen LogP) is 1.75. The van der Waals surface area contributed by atoms with Crippen LogP contribution in [0.5, 0.6) is 0 Å². The second-order valence-corrected chi connectivity index (χ2v) is 5.20. The summed E-state index contributed by atoms with van der Waals surface area (Å²) in [5, 5.41) is 2.95. The summed E-state index contributed by atoms with van der Waals surface area (Å²) in [6.45, 7) is 3.36. The third kappa shape index (κ3) is 2.91. The molecule has 1 aliphatic heterocycles. The van der Waals surface area contributed by atoms with Gasteiger partial charge in [0.05, 0.1) is 5.69 Å². The van der Waals surface area contributed by atoms with Crippen molar-refractivity contribution in [2.24, 2.45) is 0 Å². The fraction of sp³-hybridized carbons (Fsp3) is 0.417. The van der Waals surface area contributed by atoms with Crippen molar-refractivity contribution in [1.29, 1.82) is 0 Å². The van der Waals surface area contributed by atoms with Gasteiger partial charge in [0.25, 0.3) is 0 Å². The average Bonchev–Trinajstić information content (AvgIpc) is 2.65. The van der Waals surface area contributed by atoms with Crippen LogP contribution in [0.4, 0.5) is 11.4 Å². The second kappa shape index (κ2) is 4.96. The molecule has 92 valence electrons. The highest BCUT2D eigenvalue weighted by atomic mass is 79.9. The van der Waals surface area contributed by atoms with Crippen LogP contribution in [0.3, 0.4) is 0 Å². The van der Waals surface area contributed by atoms with E-state index in [1.165, 1.54) is 0 Å². The molecule has 3 N–H and O–H groups in total. The Labute approximate surface area is 109 Å². The zero-order chi connectivity index (χ0) is 12.4. The van der Waals surface area contributed by atoms with Crippen molar-refractivity contribution >= 4 is 33.2 Å². The lowest BCUT2D eigenvalue weighted by Crippen LogP contribution is -2.35. The number of rotatable bonds is 2. The van der Waals surface area contributed by atoms with Crippen molar-refractivity contribution in [2.75, 3.05) is 23.7 Å². The van der Waals surface area contributed by atoms with Crippen LogP contribution in [0.25, 0.3) is 0 Å². The fourth-order valence-corrected chi connectivity index (χ4v) is 2.81. The van der Waals surface area contributed by atoms with Crippen LogP contribution in [0.1, 0.15) is 13.3 Å². The normalized spacial score (nSPS) is 19.4. The van der Waals surface area contributed by atoms with E-state index < -0.39 is 0 Å². The number of nitrogens with zero attached hydrogens (tertiary/aromatic N) is 1. The number of halogens is 1. The smallest absolute Gasteiger partial charge is 0.217 e. The van der Waals surface area contributed by atoms with Crippen molar-refractivity contribution in [1.82, 2.24) is 5.32 Å². The average molecular weight is 298 g/mol. The minimum absolute atomic E-state index is 0.0354. The zero-order valence-corrected chi connectivity index (χ0v) is 11.3. The lowest BCUT2D eigenvalue weighted by atomic mass is 10.2. The Hall–Kier alpha value is -1.23. The van der Waals surface area contributed by atoms with Crippen LogP contribution in [0.2, 0.25) is 0 Å². The van der Waals surface area contributed by atoms with Crippen molar-refractivity contribution in [3.63, 3.8) is 0 Å². The molecule has 0 spiro atoms. The molecule has 5 heteroatoms. The molecule has 1 fully saturated rings. The molecule has 1 aromatic rings. The number of carbonyl (C=O) groups is 1. The quantitative estimate of drug-likeness (QED) is 0.818. The molecule has 1 unspecified atom stereocenters. The number of nitrogens with one attached hydrogen (secondary N) is 1. The summed E-state index contributed by atoms with van der Waals surface area (Å²) < 4.78 is 1.00. The van der Waals surface area contributed by atoms with Gasteiger partial charge in [0.2, 0.25) is 5.91 Å². The van der Waals surface area contributed by atoms with Gasteiger partial charge in [0.1, 0.15) is 0 Å². The first kappa shape index (κ1) is 12.2. The summed E-state index contributed by atoms with van der Waals surface area (Å²) in [6, 6.07) is 6.06. The summed E-state index contributed by atoms with van der Waals surface area (Å²) >= 11 is 3.52. The van der Waals surface area contributed by atoms with Crippen LogP contribution < -0.4 is 16.0 Å². The molecule has 0 bridgehead atoms. The molecular formula is C12H16BrN3O. The standard InChI is InChI=1S/C12H16BrN3O/c1-8(17)15-10-4-5-16(7-10)12-3-2-9(14)6-11(12)13/h2-3,6,10H,4-5,7,14H2,1H3,(H,15,17). The number of carbonyl (C=O) groups excluding carboxylic acids is 1. The molecule has 0 saturated carbocycles. The van der Waals surface area contributed by atoms with Gasteiger partial charge in [-0.2, -0.15) is 0 Å². The van der Waals surface area contributed by atoms with Gasteiger partial charge in [0, 0.05) is 36.2 Å². The van der Waals surface area contributed by atoms with Gasteiger partial charge in [-0.3, -0.25) is 4.79 Å². The Morgan fingerprint density at radius 1 is 1.59 bits per heavy atom. The van der Waals surface area contributed by atoms with Gasteiger partial charge in [-0.1, -0.05) is 0 Å². The SMILES string of the molecule is CC(=O)NC1CCN(c2ccc(N)cc2Br)C1. The van der Waals surface area contributed by atoms with E-state index in [1.807, 2.05) is 18.2 Å². The molecule has 0 radical (unpaired) electrons. The Morgan fingerprint density at radius 3 is 3.00 bits per heavy atom. The fourth-order valence-electron chi connectivity index (χ4n) is 2.16. The van der Waals surface area contributed by atoms with Crippen molar-refractivity contribution in [2.45, 2.75) is 19.4 Å². The number of nitrogen functional groups attached to an aromatic ring is 1. The van der Waals surface area contributed by atoms with E-state index in [2.05, 4.69) is 26.1 Å². The van der Waals surface area contributed by atoms with Crippen LogP contribution in [-0.4, -0.2) is 25.0 Å². The van der Waals surface area contributed by atoms with E-state index in [1.54, 1.807) is 6.92 Å². The molecule has 1 aliphatic rings. The molecule has 4 nitrogen and oxygen atoms in total. The summed E-state index contributed by atoms with van der Waals surface area (Å²) in [5.74, 6) is 0.0354. The zero-order valence-electron chi connectivity index (χ0n) is 9.74. The van der Waals surface area contributed by atoms with Crippen molar-refractivity contribution in [3.05, 3.63) is 22.7 Å². The van der Waals surface area contributed by atoms with Gasteiger partial charge in [-0.15, -0.1) is 0 Å². The molecule has 0 aliphatic carbocycles. The van der Waals surface area contributed by atoms with Gasteiger partial charge in [-0.05, 0) is 40.5 Å². The summed E-state index contributed by atoms with van der Waals surface area (Å²) in [7, 11) is 0. The maximum absolute atomic E-state index is 11.0. The lowest BCUT2D eigenvalue weighted by Gasteiger charge is -2.20. The van der Waals surface area contributed by atoms with Crippen molar-refractivity contribution in [3.8, 4) is 0 Å². The molecule has 1 amide bonds. The highest BCUT2D eigenvalue weighted by Crippen LogP contribution is 2.30. The van der Waals surface area contributed by atoms with Crippen LogP contribution in [0.15, 0.2) is 22.7 Å². The minimum Gasteiger partial charge on any atom is -0.399 e. The van der Waals surface area contributed by atoms with Crippen LogP contribution in [0, 0.1) is 0 Å². The van der Waals surface area contributed by atoms with E-state index in [0.717, 1.165) is 35.4 Å². The first-order valence-corrected chi connectivity index (χ1v) is 6.42. The van der Waals surface area contributed by atoms with E-state index in [9.17, 15) is 4.79 Å². The monoisotopic (exact) mass is 297 g/mol. The van der Waals surface area contributed by atoms with E-state index in [4.69, 9.17) is 5.73 Å². The number of hydrogen-bond acceptors (Lipinski definition) is 3. The highest BCUT2D eigenvalue weighted by molar-refractivity contribution is 9.10. The molecule has 1 atom stereocenters. The Morgan fingerprint density at radius 2 is 2.35 bits per heavy atom. The Balaban J connectivity index is 2.07. The Bertz CT molecular complexity index is 436. The maximum Gasteiger partial charge on any atom is 0.217 e. The van der Waals surface area contributed by atoms with Crippen LogP contribution in [-0.2, 0) is 4.79 Å². The molecular weight excluding hydrogens is 282 g/mol. The van der Waals surface area contributed by atoms with Gasteiger partial charge < -0.3 is 16.0 Å². The molecule has 0 aromatic heterocycles. The number of hydrogen-bond donors (Lipinski definition) is 2. The van der Waals surface area contributed by atoms with E-state index in [0.29, 0.717) is 0 Å². The first-order chi connectivity index (χ1) is 8.06. The number of anilines is 2. The molecule has 17 heavy (non-hydrogen) atoms. The Kier molecular flexibility index (Phi) is 3.57. The molecule has 1 saturated heterocycles. The van der Waals surface area contributed by atoms with E-state index in [-0.39, 0.29) is 11.9 Å². The van der Waals surface area contributed by atoms with Gasteiger partial charge in [-0.25, -0.2) is 0 Å². The minimum atomic E-state index is 0.0354. The number of nitrogens with two attached hydrogens (primary N) is 1. The molecule has 2 rings (SSSR count). The summed E-state index contributed by atoms with van der Waals surface area (Å²) in [4.78, 5) is 13.3. The first-order valence-electron chi connectivity index (χ1n) is 5.63. The van der Waals surface area contributed by atoms with Crippen LogP contribution >= 0.6 is 15.9 Å². The third-order valence-electron chi connectivity index (χ3n) is 2.91. The topological polar surface area (TPSA) is 58.4 Å². The predicted molar refractivity (Wildman–Crippen MR) is 73.0 cm³/mol. The molecule has 1 aromatic carbocycles. The largest absolute Gasteiger partial charge is 0.399 e. The van der Waals surface area contributed by atoms with Gasteiger partial charge in [0.15, 0.2) is 0 Å². The second-order valence-electron chi connectivity index (χ2n) is 4.34. The summed E-state index contributed by atoms with van der Waals surface area (Å²) in [6.07, 6.45) is 0.983. The molecule has 1 heterocycles. The number of benzene rings is 1. The maximum atomic E-state index is 11.0. The third-order valence-corrected chi connectivity index (χ3v) is 3.54. The van der Waals surface area contributed by atoms with Crippen molar-refractivity contribution < 1.29 is 4.79 Å². The highest BCUT2D eigenvalue weighted by Gasteiger charge is 2.24. The van der Waals surface area contributed by atoms with E-state index >= 15 is 0 Å². The van der Waals surface area contributed by atoms with Gasteiger partial charge >= 0.3 is 0 Å². The lowest BCUT2D eigenvalue weighted by molar-refractivity contribution is -0.119.